The number of rotatable bonds is 3. The van der Waals surface area contributed by atoms with Crippen molar-refractivity contribution < 1.29 is 8.78 Å². The van der Waals surface area contributed by atoms with Crippen LogP contribution in [0.3, 0.4) is 0 Å². The lowest BCUT2D eigenvalue weighted by molar-refractivity contribution is 0.398. The number of nitrogens with one attached hydrogen (secondary N) is 1. The molecule has 0 aliphatic carbocycles. The first-order valence-electron chi connectivity index (χ1n) is 7.51. The van der Waals surface area contributed by atoms with Crippen LogP contribution in [-0.4, -0.2) is 12.6 Å². The van der Waals surface area contributed by atoms with Crippen molar-refractivity contribution in [1.29, 1.82) is 0 Å². The van der Waals surface area contributed by atoms with Gasteiger partial charge in [-0.2, -0.15) is 0 Å². The molecule has 1 fully saturated rings. The van der Waals surface area contributed by atoms with E-state index in [1.54, 1.807) is 18.2 Å². The largest absolute Gasteiger partial charge is 0.314 e. The van der Waals surface area contributed by atoms with Crippen molar-refractivity contribution in [2.45, 2.75) is 31.7 Å². The second kappa shape index (κ2) is 6.35. The van der Waals surface area contributed by atoms with Crippen LogP contribution in [0.25, 0.3) is 11.1 Å². The summed E-state index contributed by atoms with van der Waals surface area (Å²) in [7, 11) is 0. The van der Waals surface area contributed by atoms with Gasteiger partial charge in [0.15, 0.2) is 11.6 Å². The van der Waals surface area contributed by atoms with E-state index in [1.165, 1.54) is 18.9 Å². The van der Waals surface area contributed by atoms with E-state index >= 15 is 0 Å². The Balaban J connectivity index is 1.90. The minimum absolute atomic E-state index is 0.349. The molecule has 1 N–H and O–H groups in total. The van der Waals surface area contributed by atoms with Gasteiger partial charge in [0.25, 0.3) is 0 Å². The molecule has 0 spiro atoms. The highest BCUT2D eigenvalue weighted by Gasteiger charge is 2.17. The standard InChI is InChI=1S/C18H19F2N/c19-17-12-13(10-15-8-4-5-9-21-15)11-16(18(17)20)14-6-2-1-3-7-14/h1-3,6-7,11-12,15,21H,4-5,8-10H2. The van der Waals surface area contributed by atoms with Gasteiger partial charge in [-0.1, -0.05) is 36.8 Å². The van der Waals surface area contributed by atoms with Crippen molar-refractivity contribution >= 4 is 0 Å². The molecule has 1 saturated heterocycles. The van der Waals surface area contributed by atoms with Crippen molar-refractivity contribution in [3.8, 4) is 11.1 Å². The molecule has 1 aliphatic heterocycles. The van der Waals surface area contributed by atoms with Crippen LogP contribution >= 0.6 is 0 Å². The minimum atomic E-state index is -0.762. The van der Waals surface area contributed by atoms with Crippen molar-refractivity contribution in [2.24, 2.45) is 0 Å². The Hall–Kier alpha value is -1.74. The molecule has 2 aromatic rings. The van der Waals surface area contributed by atoms with E-state index in [0.717, 1.165) is 24.9 Å². The Morgan fingerprint density at radius 2 is 1.86 bits per heavy atom. The van der Waals surface area contributed by atoms with Crippen LogP contribution in [0, 0.1) is 11.6 Å². The second-order valence-electron chi connectivity index (χ2n) is 5.66. The average Bonchev–Trinajstić information content (AvgIpc) is 2.52. The van der Waals surface area contributed by atoms with E-state index in [0.29, 0.717) is 17.2 Å². The lowest BCUT2D eigenvalue weighted by Crippen LogP contribution is -2.35. The van der Waals surface area contributed by atoms with Gasteiger partial charge in [-0.25, -0.2) is 8.78 Å². The minimum Gasteiger partial charge on any atom is -0.314 e. The molecule has 0 amide bonds. The molecule has 1 heterocycles. The summed E-state index contributed by atoms with van der Waals surface area (Å²) in [6.07, 6.45) is 4.24. The Labute approximate surface area is 124 Å². The zero-order valence-corrected chi connectivity index (χ0v) is 11.9. The quantitative estimate of drug-likeness (QED) is 0.886. The van der Waals surface area contributed by atoms with Gasteiger partial charge < -0.3 is 5.32 Å². The summed E-state index contributed by atoms with van der Waals surface area (Å²) in [6.45, 7) is 1.01. The van der Waals surface area contributed by atoms with Gasteiger partial charge in [-0.3, -0.25) is 0 Å². The summed E-state index contributed by atoms with van der Waals surface area (Å²) < 4.78 is 27.9. The Morgan fingerprint density at radius 3 is 2.57 bits per heavy atom. The van der Waals surface area contributed by atoms with Crippen LogP contribution in [0.2, 0.25) is 0 Å². The monoisotopic (exact) mass is 287 g/mol. The van der Waals surface area contributed by atoms with E-state index in [9.17, 15) is 8.78 Å². The summed E-state index contributed by atoms with van der Waals surface area (Å²) in [5, 5.41) is 3.44. The fourth-order valence-corrected chi connectivity index (χ4v) is 2.97. The zero-order chi connectivity index (χ0) is 14.7. The third kappa shape index (κ3) is 3.30. The maximum Gasteiger partial charge on any atom is 0.166 e. The van der Waals surface area contributed by atoms with Crippen LogP contribution in [0.15, 0.2) is 42.5 Å². The molecule has 1 unspecified atom stereocenters. The third-order valence-corrected chi connectivity index (χ3v) is 4.07. The SMILES string of the molecule is Fc1cc(CC2CCCCN2)cc(-c2ccccc2)c1F. The molecule has 3 heteroatoms. The van der Waals surface area contributed by atoms with Crippen LogP contribution < -0.4 is 5.32 Å². The second-order valence-corrected chi connectivity index (χ2v) is 5.66. The molecule has 110 valence electrons. The summed E-state index contributed by atoms with van der Waals surface area (Å²) >= 11 is 0. The van der Waals surface area contributed by atoms with E-state index in [-0.39, 0.29) is 0 Å². The van der Waals surface area contributed by atoms with Gasteiger partial charge in [-0.05, 0) is 49.1 Å². The fraction of sp³-hybridized carbons (Fsp3) is 0.333. The van der Waals surface area contributed by atoms with Crippen LogP contribution in [0.4, 0.5) is 8.78 Å². The lowest BCUT2D eigenvalue weighted by atomic mass is 9.95. The Kier molecular flexibility index (Phi) is 4.30. The van der Waals surface area contributed by atoms with Gasteiger partial charge >= 0.3 is 0 Å². The van der Waals surface area contributed by atoms with Crippen molar-refractivity contribution in [3.63, 3.8) is 0 Å². The predicted octanol–water partition coefficient (Wildman–Crippen LogP) is 4.32. The molecule has 0 bridgehead atoms. The molecule has 0 aromatic heterocycles. The summed E-state index contributed by atoms with van der Waals surface area (Å²) in [5.41, 5.74) is 1.92. The molecule has 1 nitrogen and oxygen atoms in total. The summed E-state index contributed by atoms with van der Waals surface area (Å²) in [4.78, 5) is 0. The molecule has 21 heavy (non-hydrogen) atoms. The Morgan fingerprint density at radius 1 is 1.05 bits per heavy atom. The molecule has 1 aliphatic rings. The van der Waals surface area contributed by atoms with Gasteiger partial charge in [0, 0.05) is 11.6 Å². The predicted molar refractivity (Wildman–Crippen MR) is 81.1 cm³/mol. The molecular weight excluding hydrogens is 268 g/mol. The van der Waals surface area contributed by atoms with Crippen LogP contribution in [0.5, 0.6) is 0 Å². The van der Waals surface area contributed by atoms with E-state index in [1.807, 2.05) is 18.2 Å². The van der Waals surface area contributed by atoms with E-state index in [4.69, 9.17) is 0 Å². The van der Waals surface area contributed by atoms with Gasteiger partial charge in [0.2, 0.25) is 0 Å². The molecule has 1 atom stereocenters. The number of benzene rings is 2. The van der Waals surface area contributed by atoms with Crippen molar-refractivity contribution in [2.75, 3.05) is 6.54 Å². The molecule has 0 radical (unpaired) electrons. The first-order valence-corrected chi connectivity index (χ1v) is 7.51. The molecule has 3 rings (SSSR count). The number of hydrogen-bond acceptors (Lipinski definition) is 1. The smallest absolute Gasteiger partial charge is 0.166 e. The normalized spacial score (nSPS) is 18.7. The first-order chi connectivity index (χ1) is 10.2. The average molecular weight is 287 g/mol. The number of piperidine rings is 1. The molecular formula is C18H19F2N. The number of hydrogen-bond donors (Lipinski definition) is 1. The highest BCUT2D eigenvalue weighted by atomic mass is 19.2. The van der Waals surface area contributed by atoms with Crippen LogP contribution in [0.1, 0.15) is 24.8 Å². The summed E-state index contributed by atoms with van der Waals surface area (Å²) in [6, 6.07) is 12.6. The van der Waals surface area contributed by atoms with Crippen molar-refractivity contribution in [1.82, 2.24) is 5.32 Å². The van der Waals surface area contributed by atoms with Crippen LogP contribution in [-0.2, 0) is 6.42 Å². The Bertz CT molecular complexity index is 604. The fourth-order valence-electron chi connectivity index (χ4n) is 2.97. The highest BCUT2D eigenvalue weighted by molar-refractivity contribution is 5.65. The van der Waals surface area contributed by atoms with E-state index in [2.05, 4.69) is 5.32 Å². The first kappa shape index (κ1) is 14.2. The lowest BCUT2D eigenvalue weighted by Gasteiger charge is -2.23. The molecule has 2 aromatic carbocycles. The van der Waals surface area contributed by atoms with Crippen molar-refractivity contribution in [3.05, 3.63) is 59.7 Å². The van der Waals surface area contributed by atoms with Gasteiger partial charge in [0.1, 0.15) is 0 Å². The summed E-state index contributed by atoms with van der Waals surface area (Å²) in [5.74, 6) is -1.52. The van der Waals surface area contributed by atoms with E-state index < -0.39 is 11.6 Å². The number of halogens is 2. The maximum atomic E-state index is 14.1. The van der Waals surface area contributed by atoms with Gasteiger partial charge in [0.05, 0.1) is 0 Å². The topological polar surface area (TPSA) is 12.0 Å². The van der Waals surface area contributed by atoms with Gasteiger partial charge in [-0.15, -0.1) is 0 Å². The zero-order valence-electron chi connectivity index (χ0n) is 11.9. The maximum absolute atomic E-state index is 14.1. The molecule has 0 saturated carbocycles. The highest BCUT2D eigenvalue weighted by Crippen LogP contribution is 2.27. The third-order valence-electron chi connectivity index (χ3n) is 4.07.